The van der Waals surface area contributed by atoms with Crippen LogP contribution in [-0.2, 0) is 6.54 Å². The summed E-state index contributed by atoms with van der Waals surface area (Å²) < 4.78 is 12.7. The molecular weight excluding hydrogens is 217 g/mol. The van der Waals surface area contributed by atoms with E-state index in [0.29, 0.717) is 17.3 Å². The highest BCUT2D eigenvalue weighted by atomic mass is 35.5. The highest BCUT2D eigenvalue weighted by Gasteiger charge is 2.01. The summed E-state index contributed by atoms with van der Waals surface area (Å²) in [6.45, 7) is 0.575. The number of nitrogens with zero attached hydrogens (tertiary/aromatic N) is 1. The van der Waals surface area contributed by atoms with E-state index in [1.807, 2.05) is 6.07 Å². The second kappa shape index (κ2) is 4.31. The van der Waals surface area contributed by atoms with E-state index < -0.39 is 0 Å². The Balaban J connectivity index is 2.05. The molecule has 0 saturated heterocycles. The summed E-state index contributed by atoms with van der Waals surface area (Å²) in [6, 6.07) is 6.09. The van der Waals surface area contributed by atoms with E-state index in [2.05, 4.69) is 15.5 Å². The molecule has 0 aliphatic rings. The Morgan fingerprint density at radius 1 is 1.40 bits per heavy atom. The zero-order chi connectivity index (χ0) is 10.7. The molecule has 0 saturated carbocycles. The van der Waals surface area contributed by atoms with Crippen molar-refractivity contribution < 1.29 is 4.39 Å². The number of hydrogen-bond acceptors (Lipinski definition) is 2. The minimum atomic E-state index is -0.341. The first-order valence-electron chi connectivity index (χ1n) is 4.43. The third-order valence-corrected chi connectivity index (χ3v) is 2.27. The largest absolute Gasteiger partial charge is 0.378 e. The minimum Gasteiger partial charge on any atom is -0.378 e. The molecule has 5 heteroatoms. The third kappa shape index (κ3) is 2.47. The minimum absolute atomic E-state index is 0.341. The van der Waals surface area contributed by atoms with Crippen LogP contribution in [0.2, 0.25) is 5.02 Å². The van der Waals surface area contributed by atoms with Crippen molar-refractivity contribution in [3.63, 3.8) is 0 Å². The van der Waals surface area contributed by atoms with Crippen LogP contribution >= 0.6 is 11.6 Å². The molecule has 0 aliphatic heterocycles. The Kier molecular flexibility index (Phi) is 2.87. The van der Waals surface area contributed by atoms with Gasteiger partial charge in [0.05, 0.1) is 22.9 Å². The van der Waals surface area contributed by atoms with E-state index in [9.17, 15) is 4.39 Å². The van der Waals surface area contributed by atoms with Crippen molar-refractivity contribution in [1.82, 2.24) is 10.2 Å². The predicted octanol–water partition coefficient (Wildman–Crippen LogP) is 2.81. The lowest BCUT2D eigenvalue weighted by Gasteiger charge is -2.06. The summed E-state index contributed by atoms with van der Waals surface area (Å²) in [5.41, 5.74) is 1.64. The third-order valence-electron chi connectivity index (χ3n) is 1.96. The number of hydrogen-bond donors (Lipinski definition) is 2. The molecular formula is C10H9ClFN3. The second-order valence-electron chi connectivity index (χ2n) is 3.06. The van der Waals surface area contributed by atoms with Crippen molar-refractivity contribution in [2.24, 2.45) is 0 Å². The van der Waals surface area contributed by atoms with Gasteiger partial charge in [0.1, 0.15) is 5.82 Å². The van der Waals surface area contributed by atoms with Gasteiger partial charge in [-0.15, -0.1) is 0 Å². The fourth-order valence-electron chi connectivity index (χ4n) is 1.21. The Bertz CT molecular complexity index is 442. The topological polar surface area (TPSA) is 40.7 Å². The zero-order valence-corrected chi connectivity index (χ0v) is 8.55. The predicted molar refractivity (Wildman–Crippen MR) is 57.3 cm³/mol. The van der Waals surface area contributed by atoms with E-state index in [1.54, 1.807) is 12.3 Å². The molecule has 1 aromatic carbocycles. The van der Waals surface area contributed by atoms with Crippen LogP contribution in [-0.4, -0.2) is 10.2 Å². The molecule has 0 fully saturated rings. The van der Waals surface area contributed by atoms with Gasteiger partial charge in [0.15, 0.2) is 0 Å². The first-order chi connectivity index (χ1) is 7.25. The Morgan fingerprint density at radius 2 is 2.27 bits per heavy atom. The van der Waals surface area contributed by atoms with Gasteiger partial charge in [-0.1, -0.05) is 11.6 Å². The van der Waals surface area contributed by atoms with Gasteiger partial charge in [-0.25, -0.2) is 4.39 Å². The zero-order valence-electron chi connectivity index (χ0n) is 7.80. The summed E-state index contributed by atoms with van der Waals surface area (Å²) in [5, 5.41) is 10.1. The fourth-order valence-corrected chi connectivity index (χ4v) is 1.44. The number of nitrogens with one attached hydrogen (secondary N) is 2. The van der Waals surface area contributed by atoms with Gasteiger partial charge < -0.3 is 5.32 Å². The molecule has 2 rings (SSSR count). The standard InChI is InChI=1S/C10H9ClFN3/c11-9-5-7(12)1-2-10(9)13-6-8-3-4-14-15-8/h1-5,13H,6H2,(H,14,15). The van der Waals surface area contributed by atoms with Gasteiger partial charge in [-0.05, 0) is 24.3 Å². The molecule has 78 valence electrons. The molecule has 15 heavy (non-hydrogen) atoms. The van der Waals surface area contributed by atoms with Crippen LogP contribution in [0.15, 0.2) is 30.5 Å². The lowest BCUT2D eigenvalue weighted by atomic mass is 10.3. The quantitative estimate of drug-likeness (QED) is 0.843. The number of rotatable bonds is 3. The molecule has 1 aromatic heterocycles. The number of H-pyrrole nitrogens is 1. The molecule has 2 N–H and O–H groups in total. The summed E-state index contributed by atoms with van der Waals surface area (Å²) in [5.74, 6) is -0.341. The van der Waals surface area contributed by atoms with E-state index in [-0.39, 0.29) is 5.82 Å². The van der Waals surface area contributed by atoms with Crippen LogP contribution in [0, 0.1) is 5.82 Å². The molecule has 0 bridgehead atoms. The Hall–Kier alpha value is -1.55. The van der Waals surface area contributed by atoms with Gasteiger partial charge in [-0.2, -0.15) is 5.10 Å². The molecule has 3 nitrogen and oxygen atoms in total. The molecule has 0 aliphatic carbocycles. The maximum Gasteiger partial charge on any atom is 0.124 e. The molecule has 0 amide bonds. The van der Waals surface area contributed by atoms with Crippen LogP contribution in [0.1, 0.15) is 5.69 Å². The van der Waals surface area contributed by atoms with Gasteiger partial charge in [-0.3, -0.25) is 5.10 Å². The van der Waals surface area contributed by atoms with Crippen molar-refractivity contribution in [2.45, 2.75) is 6.54 Å². The SMILES string of the molecule is Fc1ccc(NCc2ccn[nH]2)c(Cl)c1. The summed E-state index contributed by atoms with van der Waals surface area (Å²) in [7, 11) is 0. The van der Waals surface area contributed by atoms with E-state index in [0.717, 1.165) is 5.69 Å². The number of anilines is 1. The van der Waals surface area contributed by atoms with Gasteiger partial charge in [0.2, 0.25) is 0 Å². The van der Waals surface area contributed by atoms with Crippen LogP contribution in [0.5, 0.6) is 0 Å². The van der Waals surface area contributed by atoms with E-state index >= 15 is 0 Å². The second-order valence-corrected chi connectivity index (χ2v) is 3.47. The lowest BCUT2D eigenvalue weighted by molar-refractivity contribution is 0.628. The van der Waals surface area contributed by atoms with Crippen LogP contribution < -0.4 is 5.32 Å². The number of aromatic nitrogens is 2. The van der Waals surface area contributed by atoms with Crippen LogP contribution in [0.3, 0.4) is 0 Å². The smallest absolute Gasteiger partial charge is 0.124 e. The molecule has 0 radical (unpaired) electrons. The van der Waals surface area contributed by atoms with Gasteiger partial charge in [0.25, 0.3) is 0 Å². The van der Waals surface area contributed by atoms with Crippen molar-refractivity contribution in [1.29, 1.82) is 0 Å². The molecule has 2 aromatic rings. The fraction of sp³-hybridized carbons (Fsp3) is 0.100. The van der Waals surface area contributed by atoms with Crippen molar-refractivity contribution in [2.75, 3.05) is 5.32 Å². The first kappa shape index (κ1) is 9.98. The van der Waals surface area contributed by atoms with Crippen molar-refractivity contribution >= 4 is 17.3 Å². The lowest BCUT2D eigenvalue weighted by Crippen LogP contribution is -2.00. The van der Waals surface area contributed by atoms with Crippen LogP contribution in [0.25, 0.3) is 0 Å². The number of halogens is 2. The summed E-state index contributed by atoms with van der Waals surface area (Å²) in [4.78, 5) is 0. The monoisotopic (exact) mass is 225 g/mol. The maximum atomic E-state index is 12.7. The summed E-state index contributed by atoms with van der Waals surface area (Å²) in [6.07, 6.45) is 1.67. The number of benzene rings is 1. The molecule has 0 atom stereocenters. The highest BCUT2D eigenvalue weighted by molar-refractivity contribution is 6.33. The average Bonchev–Trinajstić information content (AvgIpc) is 2.69. The van der Waals surface area contributed by atoms with Gasteiger partial charge in [0, 0.05) is 6.20 Å². The van der Waals surface area contributed by atoms with Crippen LogP contribution in [0.4, 0.5) is 10.1 Å². The average molecular weight is 226 g/mol. The number of aromatic amines is 1. The maximum absolute atomic E-state index is 12.7. The molecule has 0 spiro atoms. The van der Waals surface area contributed by atoms with E-state index in [4.69, 9.17) is 11.6 Å². The van der Waals surface area contributed by atoms with E-state index in [1.165, 1.54) is 12.1 Å². The first-order valence-corrected chi connectivity index (χ1v) is 4.80. The van der Waals surface area contributed by atoms with Crippen molar-refractivity contribution in [3.05, 3.63) is 47.0 Å². The molecule has 1 heterocycles. The normalized spacial score (nSPS) is 10.3. The summed E-state index contributed by atoms with van der Waals surface area (Å²) >= 11 is 5.84. The highest BCUT2D eigenvalue weighted by Crippen LogP contribution is 2.22. The molecule has 0 unspecified atom stereocenters. The Labute approximate surface area is 91.3 Å². The Morgan fingerprint density at radius 3 is 2.93 bits per heavy atom. The van der Waals surface area contributed by atoms with Gasteiger partial charge >= 0.3 is 0 Å². The van der Waals surface area contributed by atoms with Crippen molar-refractivity contribution in [3.8, 4) is 0 Å².